The summed E-state index contributed by atoms with van der Waals surface area (Å²) < 4.78 is 30.9. The molecule has 1 saturated heterocycles. The minimum absolute atomic E-state index is 0.345. The maximum Gasteiger partial charge on any atom is 0.161 e. The molecule has 0 aliphatic carbocycles. The zero-order chi connectivity index (χ0) is 22.1. The van der Waals surface area contributed by atoms with Crippen LogP contribution in [0.4, 0.5) is 0 Å². The lowest BCUT2D eigenvalue weighted by Crippen LogP contribution is -2.23. The molecular weight excluding hydrogens is 424 g/mol. The van der Waals surface area contributed by atoms with Gasteiger partial charge in [0.05, 0.1) is 14.6 Å². The Labute approximate surface area is 188 Å². The molecule has 166 valence electrons. The molecule has 1 fully saturated rings. The van der Waals surface area contributed by atoms with Gasteiger partial charge in [0.15, 0.2) is 17.3 Å². The lowest BCUT2D eigenvalue weighted by atomic mass is 10.0. The summed E-state index contributed by atoms with van der Waals surface area (Å²) in [6.45, 7) is 3.14. The van der Waals surface area contributed by atoms with Crippen LogP contribution in [0.3, 0.4) is 0 Å². The van der Waals surface area contributed by atoms with Gasteiger partial charge < -0.3 is 9.47 Å². The Morgan fingerprint density at radius 2 is 1.78 bits per heavy atom. The maximum atomic E-state index is 11.8. The first-order chi connectivity index (χ1) is 15.5. The van der Waals surface area contributed by atoms with Crippen LogP contribution in [-0.4, -0.2) is 45.1 Å². The monoisotopic (exact) mass is 450 g/mol. The number of hydrogen-bond donors (Lipinski definition) is 1. The van der Waals surface area contributed by atoms with Gasteiger partial charge >= 0.3 is 0 Å². The summed E-state index contributed by atoms with van der Waals surface area (Å²) in [6.07, 6.45) is 6.64. The third-order valence-corrected chi connectivity index (χ3v) is 7.10. The van der Waals surface area contributed by atoms with Crippen molar-refractivity contribution in [2.75, 3.05) is 26.0 Å². The zero-order valence-corrected chi connectivity index (χ0v) is 18.8. The minimum Gasteiger partial charge on any atom is -0.486 e. The molecule has 1 aromatic heterocycles. The van der Waals surface area contributed by atoms with E-state index in [9.17, 15) is 4.21 Å². The van der Waals surface area contributed by atoms with E-state index in [1.165, 1.54) is 36.2 Å². The van der Waals surface area contributed by atoms with Gasteiger partial charge in [-0.3, -0.25) is 4.90 Å². The highest BCUT2D eigenvalue weighted by Gasteiger charge is 2.27. The van der Waals surface area contributed by atoms with Crippen molar-refractivity contribution in [1.29, 1.82) is 4.78 Å². The van der Waals surface area contributed by atoms with Crippen LogP contribution in [0.2, 0.25) is 0 Å². The fourth-order valence-electron chi connectivity index (χ4n) is 4.32. The Balaban J connectivity index is 1.30. The number of aromatic nitrogens is 2. The average molecular weight is 451 g/mol. The highest BCUT2D eigenvalue weighted by molar-refractivity contribution is 7.91. The normalized spacial score (nSPS) is 20.1. The van der Waals surface area contributed by atoms with Crippen molar-refractivity contribution in [3.8, 4) is 22.9 Å². The first kappa shape index (κ1) is 20.9. The largest absolute Gasteiger partial charge is 0.486 e. The Hall–Kier alpha value is -2.97. The van der Waals surface area contributed by atoms with Crippen molar-refractivity contribution >= 4 is 9.73 Å². The summed E-state index contributed by atoms with van der Waals surface area (Å²) in [7, 11) is -2.80. The van der Waals surface area contributed by atoms with Crippen LogP contribution in [0, 0.1) is 4.78 Å². The second kappa shape index (κ2) is 8.52. The van der Waals surface area contributed by atoms with Crippen LogP contribution in [0.5, 0.6) is 11.5 Å². The van der Waals surface area contributed by atoms with Crippen molar-refractivity contribution in [2.45, 2.75) is 30.3 Å². The molecule has 0 radical (unpaired) electrons. The summed E-state index contributed by atoms with van der Waals surface area (Å²) in [5, 5.41) is 0. The molecule has 7 nitrogen and oxygen atoms in total. The van der Waals surface area contributed by atoms with Crippen LogP contribution < -0.4 is 9.47 Å². The number of nitrogens with zero attached hydrogens (tertiary/aromatic N) is 3. The molecule has 2 aliphatic rings. The SMILES string of the molecule is C[S@](=N)(=O)c1cnc(-c2ccc(CN3CCC[C@@H]3c3ccc4c(c3)OCCO4)cc2)nc1. The number of likely N-dealkylation sites (tertiary alicyclic amines) is 1. The second-order valence-corrected chi connectivity index (χ2v) is 10.5. The highest BCUT2D eigenvalue weighted by atomic mass is 32.2. The molecule has 0 amide bonds. The third-order valence-electron chi connectivity index (χ3n) is 5.99. The topological polar surface area (TPSA) is 88.4 Å². The fourth-order valence-corrected chi connectivity index (χ4v) is 4.83. The predicted molar refractivity (Wildman–Crippen MR) is 122 cm³/mol. The lowest BCUT2D eigenvalue weighted by Gasteiger charge is -2.26. The smallest absolute Gasteiger partial charge is 0.161 e. The Kier molecular flexibility index (Phi) is 5.57. The van der Waals surface area contributed by atoms with E-state index in [1.54, 1.807) is 0 Å². The van der Waals surface area contributed by atoms with Gasteiger partial charge in [-0.2, -0.15) is 0 Å². The van der Waals surface area contributed by atoms with Gasteiger partial charge in [0.2, 0.25) is 0 Å². The third kappa shape index (κ3) is 4.33. The van der Waals surface area contributed by atoms with Gasteiger partial charge in [-0.05, 0) is 42.6 Å². The molecular formula is C24H26N4O3S. The van der Waals surface area contributed by atoms with Crippen LogP contribution >= 0.6 is 0 Å². The standard InChI is InChI=1S/C24H26N4O3S/c1-32(25,29)20-14-26-24(27-15-20)18-6-4-17(5-7-18)16-28-10-2-3-21(28)19-8-9-22-23(13-19)31-12-11-30-22/h4-9,13-15,21,25H,2-3,10-12,16H2,1H3/t21-,32+/m1/s1. The molecule has 2 aliphatic heterocycles. The maximum absolute atomic E-state index is 11.8. The van der Waals surface area contributed by atoms with E-state index in [1.807, 2.05) is 18.2 Å². The van der Waals surface area contributed by atoms with Crippen molar-refractivity contribution in [3.63, 3.8) is 0 Å². The highest BCUT2D eigenvalue weighted by Crippen LogP contribution is 2.38. The van der Waals surface area contributed by atoms with Gasteiger partial charge in [0.1, 0.15) is 13.2 Å². The number of ether oxygens (including phenoxy) is 2. The van der Waals surface area contributed by atoms with E-state index in [0.717, 1.165) is 36.6 Å². The van der Waals surface area contributed by atoms with Crippen LogP contribution in [0.1, 0.15) is 30.0 Å². The predicted octanol–water partition coefficient (Wildman–Crippen LogP) is 4.29. The van der Waals surface area contributed by atoms with Gasteiger partial charge in [-0.15, -0.1) is 0 Å². The number of fused-ring (bicyclic) bond motifs is 1. The van der Waals surface area contributed by atoms with E-state index in [-0.39, 0.29) is 0 Å². The Morgan fingerprint density at radius 1 is 1.06 bits per heavy atom. The molecule has 5 rings (SSSR count). The van der Waals surface area contributed by atoms with Gasteiger partial charge in [0.25, 0.3) is 0 Å². The van der Waals surface area contributed by atoms with E-state index < -0.39 is 9.73 Å². The molecule has 0 bridgehead atoms. The van der Waals surface area contributed by atoms with Crippen LogP contribution in [0.15, 0.2) is 59.8 Å². The van der Waals surface area contributed by atoms with Crippen molar-refractivity contribution < 1.29 is 13.7 Å². The second-order valence-electron chi connectivity index (χ2n) is 8.31. The number of benzene rings is 2. The molecule has 0 unspecified atom stereocenters. The molecule has 2 atom stereocenters. The summed E-state index contributed by atoms with van der Waals surface area (Å²) in [5.74, 6) is 2.25. The van der Waals surface area contributed by atoms with Crippen LogP contribution in [-0.2, 0) is 16.3 Å². The quantitative estimate of drug-likeness (QED) is 0.624. The molecule has 0 saturated carbocycles. The van der Waals surface area contributed by atoms with E-state index in [4.69, 9.17) is 14.3 Å². The first-order valence-electron chi connectivity index (χ1n) is 10.8. The van der Waals surface area contributed by atoms with Crippen LogP contribution in [0.25, 0.3) is 11.4 Å². The summed E-state index contributed by atoms with van der Waals surface area (Å²) in [5.41, 5.74) is 3.41. The molecule has 32 heavy (non-hydrogen) atoms. The first-order valence-corrected chi connectivity index (χ1v) is 12.7. The lowest BCUT2D eigenvalue weighted by molar-refractivity contribution is 0.170. The van der Waals surface area contributed by atoms with Crippen molar-refractivity contribution in [3.05, 3.63) is 66.0 Å². The molecule has 0 spiro atoms. The molecule has 1 N–H and O–H groups in total. The summed E-state index contributed by atoms with van der Waals surface area (Å²) in [4.78, 5) is 11.4. The number of nitrogens with one attached hydrogen (secondary N) is 1. The molecule has 3 aromatic rings. The zero-order valence-electron chi connectivity index (χ0n) is 18.0. The number of rotatable bonds is 5. The summed E-state index contributed by atoms with van der Waals surface area (Å²) in [6, 6.07) is 14.9. The van der Waals surface area contributed by atoms with E-state index >= 15 is 0 Å². The molecule has 3 heterocycles. The van der Waals surface area contributed by atoms with E-state index in [0.29, 0.717) is 30.0 Å². The minimum atomic E-state index is -2.80. The van der Waals surface area contributed by atoms with Gasteiger partial charge in [-0.25, -0.2) is 19.0 Å². The molecule has 2 aromatic carbocycles. The average Bonchev–Trinajstić information content (AvgIpc) is 3.27. The van der Waals surface area contributed by atoms with E-state index in [2.05, 4.69) is 39.1 Å². The van der Waals surface area contributed by atoms with Crippen molar-refractivity contribution in [1.82, 2.24) is 14.9 Å². The summed E-state index contributed by atoms with van der Waals surface area (Å²) >= 11 is 0. The van der Waals surface area contributed by atoms with Crippen molar-refractivity contribution in [2.24, 2.45) is 0 Å². The van der Waals surface area contributed by atoms with Gasteiger partial charge in [-0.1, -0.05) is 30.3 Å². The fraction of sp³-hybridized carbons (Fsp3) is 0.333. The number of hydrogen-bond acceptors (Lipinski definition) is 7. The molecule has 8 heteroatoms. The Morgan fingerprint density at radius 3 is 2.50 bits per heavy atom. The Bertz CT molecular complexity index is 1210. The van der Waals surface area contributed by atoms with Gasteiger partial charge in [0, 0.05) is 36.8 Å².